The third-order valence-electron chi connectivity index (χ3n) is 9.72. The van der Waals surface area contributed by atoms with E-state index in [2.05, 4.69) is 146 Å². The molecule has 0 aliphatic heterocycles. The van der Waals surface area contributed by atoms with Gasteiger partial charge in [0.1, 0.15) is 12.4 Å². The van der Waals surface area contributed by atoms with Crippen molar-refractivity contribution in [2.24, 2.45) is 0 Å². The Hall–Kier alpha value is -5.70. The molecule has 0 atom stereocenters. The topological polar surface area (TPSA) is 29.5 Å². The van der Waals surface area contributed by atoms with E-state index in [1.165, 1.54) is 77.2 Å². The van der Waals surface area contributed by atoms with Crippen LogP contribution in [0.2, 0.25) is 0 Å². The normalized spacial score (nSPS) is 12.0. The Kier molecular flexibility index (Phi) is 6.62. The SMILES string of the molecule is OCCOc1ccc2cc(-c3ccc(-c4cccc5ccccc45)c4c3Cc3cccc(-c5cccc6ccccc56)c3-4)ccc2c1. The smallest absolute Gasteiger partial charge is 0.120 e. The Morgan fingerprint density at radius 3 is 1.81 bits per heavy atom. The lowest BCUT2D eigenvalue weighted by molar-refractivity contribution is 0.201. The predicted octanol–water partition coefficient (Wildman–Crippen LogP) is 11.1. The average Bonchev–Trinajstić information content (AvgIpc) is 3.53. The highest BCUT2D eigenvalue weighted by molar-refractivity contribution is 6.09. The Labute approximate surface area is 274 Å². The van der Waals surface area contributed by atoms with E-state index >= 15 is 0 Å². The van der Waals surface area contributed by atoms with Crippen LogP contribution in [-0.4, -0.2) is 18.3 Å². The molecule has 0 unspecified atom stereocenters. The van der Waals surface area contributed by atoms with E-state index in [1.54, 1.807) is 0 Å². The molecule has 9 rings (SSSR count). The first-order valence-corrected chi connectivity index (χ1v) is 16.3. The van der Waals surface area contributed by atoms with Crippen molar-refractivity contribution in [2.45, 2.75) is 6.42 Å². The number of ether oxygens (including phenoxy) is 1. The zero-order chi connectivity index (χ0) is 31.3. The zero-order valence-electron chi connectivity index (χ0n) is 25.9. The van der Waals surface area contributed by atoms with Gasteiger partial charge in [-0.05, 0) is 113 Å². The Morgan fingerprint density at radius 2 is 1.06 bits per heavy atom. The Bertz CT molecular complexity index is 2480. The lowest BCUT2D eigenvalue weighted by Crippen LogP contribution is -2.01. The van der Waals surface area contributed by atoms with Crippen LogP contribution < -0.4 is 4.74 Å². The van der Waals surface area contributed by atoms with Gasteiger partial charge >= 0.3 is 0 Å². The highest BCUT2D eigenvalue weighted by Crippen LogP contribution is 2.52. The molecule has 2 nitrogen and oxygen atoms in total. The monoisotopic (exact) mass is 604 g/mol. The summed E-state index contributed by atoms with van der Waals surface area (Å²) in [5, 5.41) is 16.5. The van der Waals surface area contributed by atoms with E-state index in [-0.39, 0.29) is 6.61 Å². The van der Waals surface area contributed by atoms with Gasteiger partial charge in [0.2, 0.25) is 0 Å². The van der Waals surface area contributed by atoms with Crippen molar-refractivity contribution in [3.05, 3.63) is 163 Å². The van der Waals surface area contributed by atoms with E-state index in [0.29, 0.717) is 6.61 Å². The van der Waals surface area contributed by atoms with Crippen LogP contribution in [0, 0.1) is 0 Å². The highest BCUT2D eigenvalue weighted by Gasteiger charge is 2.29. The second-order valence-electron chi connectivity index (χ2n) is 12.4. The van der Waals surface area contributed by atoms with Gasteiger partial charge in [0.25, 0.3) is 0 Å². The Morgan fingerprint density at radius 1 is 0.468 bits per heavy atom. The lowest BCUT2D eigenvalue weighted by atomic mass is 9.84. The second kappa shape index (κ2) is 11.3. The molecule has 0 spiro atoms. The molecule has 1 aliphatic rings. The number of rotatable bonds is 6. The number of fused-ring (bicyclic) bond motifs is 6. The Balaban J connectivity index is 1.30. The summed E-state index contributed by atoms with van der Waals surface area (Å²) < 4.78 is 5.68. The van der Waals surface area contributed by atoms with Crippen molar-refractivity contribution < 1.29 is 9.84 Å². The zero-order valence-corrected chi connectivity index (χ0v) is 25.9. The molecule has 0 bridgehead atoms. The number of hydrogen-bond donors (Lipinski definition) is 1. The second-order valence-corrected chi connectivity index (χ2v) is 12.4. The highest BCUT2D eigenvalue weighted by atomic mass is 16.5. The lowest BCUT2D eigenvalue weighted by Gasteiger charge is -2.19. The molecule has 0 amide bonds. The van der Waals surface area contributed by atoms with Gasteiger partial charge in [-0.15, -0.1) is 0 Å². The van der Waals surface area contributed by atoms with Crippen molar-refractivity contribution >= 4 is 32.3 Å². The first-order chi connectivity index (χ1) is 23.3. The minimum atomic E-state index is 0.00144. The van der Waals surface area contributed by atoms with Crippen LogP contribution in [0.5, 0.6) is 5.75 Å². The minimum Gasteiger partial charge on any atom is -0.491 e. The quantitative estimate of drug-likeness (QED) is 0.205. The predicted molar refractivity (Wildman–Crippen MR) is 196 cm³/mol. The third-order valence-corrected chi connectivity index (χ3v) is 9.72. The van der Waals surface area contributed by atoms with E-state index < -0.39 is 0 Å². The molecule has 224 valence electrons. The van der Waals surface area contributed by atoms with Gasteiger partial charge in [0.15, 0.2) is 0 Å². The summed E-state index contributed by atoms with van der Waals surface area (Å²) in [5.41, 5.74) is 13.0. The van der Waals surface area contributed by atoms with Crippen molar-refractivity contribution in [2.75, 3.05) is 13.2 Å². The summed E-state index contributed by atoms with van der Waals surface area (Å²) >= 11 is 0. The fourth-order valence-electron chi connectivity index (χ4n) is 7.63. The van der Waals surface area contributed by atoms with Crippen molar-refractivity contribution in [1.29, 1.82) is 0 Å². The molecule has 0 saturated carbocycles. The molecular weight excluding hydrogens is 572 g/mol. The summed E-state index contributed by atoms with van der Waals surface area (Å²) in [6.07, 6.45) is 0.878. The van der Waals surface area contributed by atoms with Gasteiger partial charge in [-0.25, -0.2) is 0 Å². The number of benzene rings is 8. The van der Waals surface area contributed by atoms with Crippen LogP contribution in [0.25, 0.3) is 76.8 Å². The number of aliphatic hydroxyl groups excluding tert-OH is 1. The largest absolute Gasteiger partial charge is 0.491 e. The van der Waals surface area contributed by atoms with E-state index in [4.69, 9.17) is 4.74 Å². The molecule has 0 fully saturated rings. The molecule has 0 radical (unpaired) electrons. The molecule has 8 aromatic carbocycles. The van der Waals surface area contributed by atoms with Gasteiger partial charge in [0.05, 0.1) is 6.61 Å². The summed E-state index contributed by atoms with van der Waals surface area (Å²) in [4.78, 5) is 0. The first kappa shape index (κ1) is 27.6. The van der Waals surface area contributed by atoms with Crippen molar-refractivity contribution in [3.63, 3.8) is 0 Å². The standard InChI is InChI=1S/C45H32O2/c46-24-25-47-35-21-20-31-26-33(19-18-32(31)27-35)38-22-23-42(40-16-6-11-30-9-2-4-14-37(30)40)45-43(38)28-34-12-7-17-41(44(34)45)39-15-5-10-29-8-1-3-13-36(29)39/h1-23,26-27,46H,24-25,28H2. The fraction of sp³-hybridized carbons (Fsp3) is 0.0667. The van der Waals surface area contributed by atoms with Crippen LogP contribution >= 0.6 is 0 Å². The van der Waals surface area contributed by atoms with E-state index in [1.807, 2.05) is 6.07 Å². The van der Waals surface area contributed by atoms with E-state index in [0.717, 1.165) is 22.9 Å². The number of aliphatic hydroxyl groups is 1. The fourth-order valence-corrected chi connectivity index (χ4v) is 7.63. The summed E-state index contributed by atoms with van der Waals surface area (Å²) in [6.45, 7) is 0.293. The van der Waals surface area contributed by atoms with Gasteiger partial charge in [0, 0.05) is 0 Å². The van der Waals surface area contributed by atoms with Crippen LogP contribution in [0.15, 0.2) is 152 Å². The van der Waals surface area contributed by atoms with Crippen LogP contribution in [0.1, 0.15) is 11.1 Å². The molecule has 8 aromatic rings. The van der Waals surface area contributed by atoms with Crippen molar-refractivity contribution in [1.82, 2.24) is 0 Å². The van der Waals surface area contributed by atoms with Crippen LogP contribution in [-0.2, 0) is 6.42 Å². The van der Waals surface area contributed by atoms with Crippen LogP contribution in [0.4, 0.5) is 0 Å². The molecular formula is C45H32O2. The summed E-state index contributed by atoms with van der Waals surface area (Å²) in [6, 6.07) is 55.2. The molecule has 1 N–H and O–H groups in total. The summed E-state index contributed by atoms with van der Waals surface area (Å²) in [7, 11) is 0. The molecule has 0 heterocycles. The van der Waals surface area contributed by atoms with Gasteiger partial charge in [-0.2, -0.15) is 0 Å². The van der Waals surface area contributed by atoms with Gasteiger partial charge in [-0.3, -0.25) is 0 Å². The van der Waals surface area contributed by atoms with Gasteiger partial charge < -0.3 is 9.84 Å². The maximum atomic E-state index is 9.19. The minimum absolute atomic E-state index is 0.00144. The number of hydrogen-bond acceptors (Lipinski definition) is 2. The average molecular weight is 605 g/mol. The molecule has 1 aliphatic carbocycles. The van der Waals surface area contributed by atoms with Crippen LogP contribution in [0.3, 0.4) is 0 Å². The summed E-state index contributed by atoms with van der Waals surface area (Å²) in [5.74, 6) is 0.774. The molecule has 0 saturated heterocycles. The molecule has 0 aromatic heterocycles. The van der Waals surface area contributed by atoms with E-state index in [9.17, 15) is 5.11 Å². The molecule has 47 heavy (non-hydrogen) atoms. The first-order valence-electron chi connectivity index (χ1n) is 16.3. The van der Waals surface area contributed by atoms with Crippen molar-refractivity contribution in [3.8, 4) is 50.3 Å². The molecule has 2 heteroatoms. The van der Waals surface area contributed by atoms with Gasteiger partial charge in [-0.1, -0.05) is 133 Å². The maximum absolute atomic E-state index is 9.19. The third kappa shape index (κ3) is 4.61. The maximum Gasteiger partial charge on any atom is 0.120 e.